The van der Waals surface area contributed by atoms with Gasteiger partial charge in [-0.1, -0.05) is 6.07 Å². The lowest BCUT2D eigenvalue weighted by Crippen LogP contribution is -2.47. The molecule has 1 amide bonds. The quantitative estimate of drug-likeness (QED) is 0.373. The minimum absolute atomic E-state index is 0.106. The molecule has 1 N–H and O–H groups in total. The minimum Gasteiger partial charge on any atom is -0.485 e. The van der Waals surface area contributed by atoms with Crippen LogP contribution in [0.25, 0.3) is 16.6 Å². The molecule has 0 radical (unpaired) electrons. The van der Waals surface area contributed by atoms with Gasteiger partial charge in [0.05, 0.1) is 16.9 Å². The maximum atomic E-state index is 15.0. The molecular weight excluding hydrogens is 528 g/mol. The van der Waals surface area contributed by atoms with Crippen molar-refractivity contribution in [3.8, 4) is 11.4 Å². The molecule has 0 unspecified atom stereocenters. The smallest absolute Gasteiger partial charge is 0.433 e. The van der Waals surface area contributed by atoms with Gasteiger partial charge in [0.2, 0.25) is 0 Å². The fourth-order valence-corrected chi connectivity index (χ4v) is 5.40. The van der Waals surface area contributed by atoms with Gasteiger partial charge in [-0.05, 0) is 42.8 Å². The maximum absolute atomic E-state index is 15.0. The van der Waals surface area contributed by atoms with E-state index in [-0.39, 0.29) is 24.0 Å². The molecule has 1 saturated heterocycles. The lowest BCUT2D eigenvalue weighted by Gasteiger charge is -2.36. The van der Waals surface area contributed by atoms with Crippen LogP contribution < -0.4 is 15.0 Å². The van der Waals surface area contributed by atoms with Crippen LogP contribution >= 0.6 is 0 Å². The first kappa shape index (κ1) is 26.1. The molecule has 2 aliphatic rings. The molecule has 0 aliphatic carbocycles. The van der Waals surface area contributed by atoms with Crippen LogP contribution in [0.5, 0.6) is 5.75 Å². The summed E-state index contributed by atoms with van der Waals surface area (Å²) in [5.74, 6) is -0.212. The highest BCUT2D eigenvalue weighted by Gasteiger charge is 2.33. The molecule has 2 aliphatic heterocycles. The fourth-order valence-electron chi connectivity index (χ4n) is 5.40. The Morgan fingerprint density at radius 1 is 1.05 bits per heavy atom. The molecule has 4 heterocycles. The molecule has 4 aromatic rings. The maximum Gasteiger partial charge on any atom is 0.433 e. The molecule has 12 heteroatoms. The Kier molecular flexibility index (Phi) is 6.57. The Bertz CT molecular complexity index is 1590. The third-order valence-corrected chi connectivity index (χ3v) is 7.49. The summed E-state index contributed by atoms with van der Waals surface area (Å²) in [5, 5.41) is 3.24. The average Bonchev–Trinajstić information content (AvgIpc) is 3.40. The zero-order valence-corrected chi connectivity index (χ0v) is 21.6. The zero-order chi connectivity index (χ0) is 28.0. The van der Waals surface area contributed by atoms with Crippen molar-refractivity contribution in [2.24, 2.45) is 0 Å². The first-order chi connectivity index (χ1) is 19.2. The summed E-state index contributed by atoms with van der Waals surface area (Å²) < 4.78 is 62.0. The lowest BCUT2D eigenvalue weighted by molar-refractivity contribution is -0.140. The summed E-state index contributed by atoms with van der Waals surface area (Å²) in [6, 6.07) is 10.7. The number of benzene rings is 2. The molecule has 40 heavy (non-hydrogen) atoms. The van der Waals surface area contributed by atoms with Crippen LogP contribution in [0.2, 0.25) is 0 Å². The number of aromatic nitrogens is 3. The molecule has 2 aromatic carbocycles. The number of imidazole rings is 1. The molecule has 0 bridgehead atoms. The van der Waals surface area contributed by atoms with Crippen molar-refractivity contribution < 1.29 is 27.1 Å². The van der Waals surface area contributed by atoms with Crippen LogP contribution in [0.1, 0.15) is 27.4 Å². The second-order valence-electron chi connectivity index (χ2n) is 9.77. The van der Waals surface area contributed by atoms with E-state index in [4.69, 9.17) is 4.74 Å². The number of piperazine rings is 1. The predicted molar refractivity (Wildman–Crippen MR) is 140 cm³/mol. The van der Waals surface area contributed by atoms with Crippen molar-refractivity contribution in [2.45, 2.75) is 19.2 Å². The first-order valence-corrected chi connectivity index (χ1v) is 12.9. The van der Waals surface area contributed by atoms with E-state index in [1.54, 1.807) is 29.1 Å². The summed E-state index contributed by atoms with van der Waals surface area (Å²) in [6.45, 7) is 3.48. The number of carbonyl (C=O) groups is 1. The highest BCUT2D eigenvalue weighted by molar-refractivity contribution is 5.93. The summed E-state index contributed by atoms with van der Waals surface area (Å²) in [6.07, 6.45) is -2.51. The van der Waals surface area contributed by atoms with Crippen LogP contribution in [0.3, 0.4) is 0 Å². The third kappa shape index (κ3) is 4.61. The van der Waals surface area contributed by atoms with Gasteiger partial charge < -0.3 is 15.0 Å². The highest BCUT2D eigenvalue weighted by atomic mass is 19.4. The normalized spacial score (nSPS) is 15.5. The van der Waals surface area contributed by atoms with Crippen molar-refractivity contribution in [3.63, 3.8) is 0 Å². The minimum atomic E-state index is -4.49. The average molecular weight is 555 g/mol. The van der Waals surface area contributed by atoms with Crippen molar-refractivity contribution in [1.29, 1.82) is 0 Å². The summed E-state index contributed by atoms with van der Waals surface area (Å²) in [5.41, 5.74) is 2.26. The Morgan fingerprint density at radius 2 is 1.85 bits per heavy atom. The Balaban J connectivity index is 1.14. The highest BCUT2D eigenvalue weighted by Crippen LogP contribution is 2.36. The van der Waals surface area contributed by atoms with E-state index in [9.17, 15) is 22.4 Å². The topological polar surface area (TPSA) is 75.5 Å². The molecule has 0 atom stereocenters. The standard InChI is InChI=1S/C28H26F4N6O2/c1-33-27(39)25-23-15-40-26-17(19(29)6-7-22(26)38(23)16-34-25)9-10-36-11-13-37(14-12-36)21-4-2-3-20-18(21)5-8-24(35-20)28(30,31)32/h2-8,16H,9-15H2,1H3,(H,33,39). The number of alkyl halides is 3. The number of anilines is 1. The number of fused-ring (bicyclic) bond motifs is 4. The number of hydrogen-bond donors (Lipinski definition) is 1. The number of nitrogens with one attached hydrogen (secondary N) is 1. The van der Waals surface area contributed by atoms with Gasteiger partial charge in [0, 0.05) is 56.4 Å². The van der Waals surface area contributed by atoms with Crippen LogP contribution in [0.15, 0.2) is 48.8 Å². The molecular formula is C28H26F4N6O2. The van der Waals surface area contributed by atoms with E-state index in [2.05, 4.69) is 25.1 Å². The van der Waals surface area contributed by atoms with Crippen LogP contribution in [0, 0.1) is 5.82 Å². The molecule has 2 aromatic heterocycles. The summed E-state index contributed by atoms with van der Waals surface area (Å²) >= 11 is 0. The number of halogens is 4. The second-order valence-corrected chi connectivity index (χ2v) is 9.77. The van der Waals surface area contributed by atoms with Crippen LogP contribution in [-0.2, 0) is 19.2 Å². The van der Waals surface area contributed by atoms with Crippen molar-refractivity contribution in [3.05, 3.63) is 77.3 Å². The molecule has 8 nitrogen and oxygen atoms in total. The summed E-state index contributed by atoms with van der Waals surface area (Å²) in [7, 11) is 1.53. The van der Waals surface area contributed by atoms with Gasteiger partial charge in [-0.2, -0.15) is 13.2 Å². The first-order valence-electron chi connectivity index (χ1n) is 12.9. The predicted octanol–water partition coefficient (Wildman–Crippen LogP) is 4.20. The van der Waals surface area contributed by atoms with Gasteiger partial charge in [-0.3, -0.25) is 14.3 Å². The van der Waals surface area contributed by atoms with E-state index >= 15 is 0 Å². The van der Waals surface area contributed by atoms with Gasteiger partial charge in [-0.15, -0.1) is 0 Å². The van der Waals surface area contributed by atoms with Crippen molar-refractivity contribution in [2.75, 3.05) is 44.7 Å². The Morgan fingerprint density at radius 3 is 2.60 bits per heavy atom. The van der Waals surface area contributed by atoms with Gasteiger partial charge in [0.15, 0.2) is 5.69 Å². The Hall–Kier alpha value is -4.19. The van der Waals surface area contributed by atoms with E-state index in [0.717, 1.165) is 11.8 Å². The SMILES string of the molecule is CNC(=O)c1ncn2c1COc1c-2ccc(F)c1CCN1CCN(c2cccc3nc(C(F)(F)F)ccc23)CC1. The molecule has 208 valence electrons. The number of rotatable bonds is 5. The van der Waals surface area contributed by atoms with Gasteiger partial charge in [0.25, 0.3) is 5.91 Å². The lowest BCUT2D eigenvalue weighted by atomic mass is 10.1. The van der Waals surface area contributed by atoms with E-state index in [0.29, 0.717) is 72.7 Å². The van der Waals surface area contributed by atoms with Crippen LogP contribution in [0.4, 0.5) is 23.2 Å². The number of nitrogens with zero attached hydrogens (tertiary/aromatic N) is 5. The molecule has 0 spiro atoms. The number of hydrogen-bond acceptors (Lipinski definition) is 6. The van der Waals surface area contributed by atoms with E-state index < -0.39 is 11.9 Å². The molecule has 0 saturated carbocycles. The van der Waals surface area contributed by atoms with Crippen molar-refractivity contribution in [1.82, 2.24) is 24.8 Å². The van der Waals surface area contributed by atoms with Crippen LogP contribution in [-0.4, -0.2) is 65.1 Å². The largest absolute Gasteiger partial charge is 0.485 e. The number of amides is 1. The second kappa shape index (κ2) is 10.1. The number of carbonyl (C=O) groups excluding carboxylic acids is 1. The van der Waals surface area contributed by atoms with Gasteiger partial charge in [0.1, 0.15) is 30.2 Å². The fraction of sp³-hybridized carbons (Fsp3) is 0.321. The third-order valence-electron chi connectivity index (χ3n) is 7.49. The van der Waals surface area contributed by atoms with Crippen molar-refractivity contribution >= 4 is 22.5 Å². The van der Waals surface area contributed by atoms with E-state index in [1.165, 1.54) is 19.2 Å². The van der Waals surface area contributed by atoms with Gasteiger partial charge in [-0.25, -0.2) is 14.4 Å². The van der Waals surface area contributed by atoms with E-state index in [1.807, 2.05) is 6.07 Å². The Labute approximate surface area is 227 Å². The summed E-state index contributed by atoms with van der Waals surface area (Å²) in [4.78, 5) is 24.5. The molecule has 6 rings (SSSR count). The number of ether oxygens (including phenoxy) is 1. The monoisotopic (exact) mass is 554 g/mol. The van der Waals surface area contributed by atoms with Gasteiger partial charge >= 0.3 is 6.18 Å². The molecule has 1 fully saturated rings. The number of pyridine rings is 1. The zero-order valence-electron chi connectivity index (χ0n) is 21.6.